The van der Waals surface area contributed by atoms with E-state index in [1.54, 1.807) is 6.07 Å². The van der Waals surface area contributed by atoms with Gasteiger partial charge < -0.3 is 15.8 Å². The van der Waals surface area contributed by atoms with Crippen LogP contribution < -0.4 is 11.1 Å². The van der Waals surface area contributed by atoms with Crippen LogP contribution in [0.25, 0.3) is 22.4 Å². The number of carbonyl (C=O) groups is 1. The number of anilines is 1. The van der Waals surface area contributed by atoms with Crippen molar-refractivity contribution in [1.82, 2.24) is 24.1 Å². The number of nitrogens with zero attached hydrogens (tertiary/aromatic N) is 5. The minimum absolute atomic E-state index is 0.456. The van der Waals surface area contributed by atoms with E-state index in [9.17, 15) is 4.79 Å². The first-order valence-electron chi connectivity index (χ1n) is 12.5. The molecule has 0 atom stereocenters. The van der Waals surface area contributed by atoms with E-state index < -0.39 is 5.91 Å². The van der Waals surface area contributed by atoms with E-state index in [-0.39, 0.29) is 0 Å². The minimum Gasteiger partial charge on any atom is -0.379 e. The summed E-state index contributed by atoms with van der Waals surface area (Å²) in [6.07, 6.45) is 0. The van der Waals surface area contributed by atoms with Crippen molar-refractivity contribution in [3.8, 4) is 5.95 Å². The van der Waals surface area contributed by atoms with E-state index in [4.69, 9.17) is 20.6 Å². The smallest absolute Gasteiger partial charge is 0.254 e. The van der Waals surface area contributed by atoms with Gasteiger partial charge in [0.15, 0.2) is 5.82 Å². The third-order valence-electron chi connectivity index (χ3n) is 6.87. The summed E-state index contributed by atoms with van der Waals surface area (Å²) in [5, 5.41) is 9.31. The van der Waals surface area contributed by atoms with Gasteiger partial charge in [-0.15, -0.1) is 5.10 Å². The van der Waals surface area contributed by atoms with Crippen molar-refractivity contribution in [2.24, 2.45) is 5.73 Å². The van der Waals surface area contributed by atoms with Crippen LogP contribution in [0.15, 0.2) is 66.7 Å². The molecule has 5 aromatic rings. The van der Waals surface area contributed by atoms with Crippen molar-refractivity contribution in [3.63, 3.8) is 0 Å². The zero-order valence-corrected chi connectivity index (χ0v) is 20.7. The van der Waals surface area contributed by atoms with Crippen LogP contribution in [0.2, 0.25) is 0 Å². The maximum atomic E-state index is 12.1. The van der Waals surface area contributed by atoms with Gasteiger partial charge in [-0.1, -0.05) is 36.4 Å². The molecule has 1 saturated heterocycles. The summed E-state index contributed by atoms with van der Waals surface area (Å²) in [5.74, 6) is 0.813. The molecule has 3 aromatic heterocycles. The van der Waals surface area contributed by atoms with Gasteiger partial charge in [-0.3, -0.25) is 14.3 Å². The molecule has 6 rings (SSSR count). The number of morpholine rings is 1. The highest BCUT2D eigenvalue weighted by Crippen LogP contribution is 2.27. The summed E-state index contributed by atoms with van der Waals surface area (Å²) in [5.41, 5.74) is 11.0. The highest BCUT2D eigenvalue weighted by atomic mass is 16.5. The Hall–Kier alpha value is -4.21. The minimum atomic E-state index is -0.456. The summed E-state index contributed by atoms with van der Waals surface area (Å²) >= 11 is 0. The Morgan fingerprint density at radius 3 is 2.62 bits per heavy atom. The molecule has 0 bridgehead atoms. The number of aryl methyl sites for hydroxylation is 1. The van der Waals surface area contributed by atoms with Crippen molar-refractivity contribution in [3.05, 3.63) is 89.2 Å². The molecule has 4 heterocycles. The second kappa shape index (κ2) is 9.68. The second-order valence-corrected chi connectivity index (χ2v) is 9.33. The van der Waals surface area contributed by atoms with E-state index in [0.29, 0.717) is 18.1 Å². The summed E-state index contributed by atoms with van der Waals surface area (Å²) in [7, 11) is 0. The molecule has 0 unspecified atom stereocenters. The molecule has 9 heteroatoms. The number of hydrogen-bond acceptors (Lipinski definition) is 6. The average Bonchev–Trinajstić information content (AvgIpc) is 3.48. The van der Waals surface area contributed by atoms with Crippen LogP contribution in [0.1, 0.15) is 27.3 Å². The molecule has 2 aromatic carbocycles. The number of primary amides is 1. The SMILES string of the molecule is Cc1cc2c(C(N)=O)cccc2n1-c1nc(NCc2ccccc2)c2ccc(CN3CCOCC3)n2n1. The molecule has 0 aliphatic carbocycles. The maximum absolute atomic E-state index is 12.1. The number of nitrogens with two attached hydrogens (primary N) is 1. The van der Waals surface area contributed by atoms with Gasteiger partial charge in [0, 0.05) is 42.8 Å². The third kappa shape index (κ3) is 4.43. The first-order valence-corrected chi connectivity index (χ1v) is 12.5. The molecule has 1 aliphatic rings. The fourth-order valence-corrected chi connectivity index (χ4v) is 5.00. The lowest BCUT2D eigenvalue weighted by molar-refractivity contribution is 0.0334. The molecule has 1 amide bonds. The average molecular weight is 496 g/mol. The van der Waals surface area contributed by atoms with Crippen LogP contribution >= 0.6 is 0 Å². The van der Waals surface area contributed by atoms with E-state index in [2.05, 4.69) is 34.5 Å². The highest BCUT2D eigenvalue weighted by molar-refractivity contribution is 6.06. The summed E-state index contributed by atoms with van der Waals surface area (Å²) < 4.78 is 9.49. The van der Waals surface area contributed by atoms with Crippen LogP contribution in [0.5, 0.6) is 0 Å². The Labute approximate surface area is 214 Å². The lowest BCUT2D eigenvalue weighted by Crippen LogP contribution is -2.36. The number of rotatable bonds is 7. The molecule has 1 fully saturated rings. The summed E-state index contributed by atoms with van der Waals surface area (Å²) in [6.45, 7) is 6.65. The van der Waals surface area contributed by atoms with Gasteiger partial charge in [0.1, 0.15) is 5.52 Å². The van der Waals surface area contributed by atoms with E-state index in [1.807, 2.05) is 52.4 Å². The predicted molar refractivity (Wildman–Crippen MR) is 143 cm³/mol. The van der Waals surface area contributed by atoms with Gasteiger partial charge in [0.2, 0.25) is 5.91 Å². The first kappa shape index (κ1) is 23.2. The van der Waals surface area contributed by atoms with Crippen LogP contribution in [-0.4, -0.2) is 56.3 Å². The summed E-state index contributed by atoms with van der Waals surface area (Å²) in [4.78, 5) is 19.4. The normalized spacial score (nSPS) is 14.4. The monoisotopic (exact) mass is 495 g/mol. The van der Waals surface area contributed by atoms with Gasteiger partial charge in [0.25, 0.3) is 5.95 Å². The zero-order chi connectivity index (χ0) is 25.4. The van der Waals surface area contributed by atoms with Crippen molar-refractivity contribution in [1.29, 1.82) is 0 Å². The van der Waals surface area contributed by atoms with Crippen LogP contribution in [0.4, 0.5) is 5.82 Å². The maximum Gasteiger partial charge on any atom is 0.254 e. The zero-order valence-electron chi connectivity index (χ0n) is 20.7. The number of ether oxygens (including phenoxy) is 1. The molecular weight excluding hydrogens is 466 g/mol. The molecule has 0 saturated carbocycles. The number of nitrogens with one attached hydrogen (secondary N) is 1. The Balaban J connectivity index is 1.48. The number of carbonyl (C=O) groups excluding carboxylic acids is 1. The van der Waals surface area contributed by atoms with Crippen LogP contribution in [-0.2, 0) is 17.8 Å². The topological polar surface area (TPSA) is 103 Å². The lowest BCUT2D eigenvalue weighted by atomic mass is 10.1. The van der Waals surface area contributed by atoms with Crippen LogP contribution in [0.3, 0.4) is 0 Å². The molecule has 188 valence electrons. The van der Waals surface area contributed by atoms with Gasteiger partial charge in [-0.05, 0) is 42.8 Å². The Morgan fingerprint density at radius 2 is 1.84 bits per heavy atom. The lowest BCUT2D eigenvalue weighted by Gasteiger charge is -2.26. The number of amides is 1. The van der Waals surface area contributed by atoms with E-state index >= 15 is 0 Å². The molecule has 0 spiro atoms. The molecule has 3 N–H and O–H groups in total. The van der Waals surface area contributed by atoms with Crippen molar-refractivity contribution in [2.45, 2.75) is 20.0 Å². The molecule has 37 heavy (non-hydrogen) atoms. The Bertz CT molecular complexity index is 1580. The standard InChI is InChI=1S/C28H29N7O2/c1-19-16-23-22(26(29)36)8-5-9-24(23)34(19)28-31-27(30-17-20-6-3-2-4-7-20)25-11-10-21(35(25)32-28)18-33-12-14-37-15-13-33/h2-11,16H,12-15,17-18H2,1H3,(H2,29,36)(H,30,31,32). The number of fused-ring (bicyclic) bond motifs is 2. The van der Waals surface area contributed by atoms with E-state index in [0.717, 1.165) is 72.0 Å². The van der Waals surface area contributed by atoms with Crippen LogP contribution in [0, 0.1) is 6.92 Å². The van der Waals surface area contributed by atoms with Gasteiger partial charge in [-0.25, -0.2) is 4.52 Å². The van der Waals surface area contributed by atoms with E-state index in [1.165, 1.54) is 0 Å². The fourth-order valence-electron chi connectivity index (χ4n) is 5.00. The molecule has 9 nitrogen and oxygen atoms in total. The van der Waals surface area contributed by atoms with Crippen molar-refractivity contribution >= 4 is 28.1 Å². The fraction of sp³-hybridized carbons (Fsp3) is 0.250. The third-order valence-corrected chi connectivity index (χ3v) is 6.87. The Morgan fingerprint density at radius 1 is 1.03 bits per heavy atom. The second-order valence-electron chi connectivity index (χ2n) is 9.33. The first-order chi connectivity index (χ1) is 18.1. The van der Waals surface area contributed by atoms with Gasteiger partial charge >= 0.3 is 0 Å². The number of benzene rings is 2. The molecule has 0 radical (unpaired) electrons. The number of aromatic nitrogens is 4. The molecule has 1 aliphatic heterocycles. The highest BCUT2D eigenvalue weighted by Gasteiger charge is 2.19. The largest absolute Gasteiger partial charge is 0.379 e. The quantitative estimate of drug-likeness (QED) is 0.358. The predicted octanol–water partition coefficient (Wildman–Crippen LogP) is 3.52. The Kier molecular flexibility index (Phi) is 6.07. The number of hydrogen-bond donors (Lipinski definition) is 2. The van der Waals surface area contributed by atoms with Crippen molar-refractivity contribution in [2.75, 3.05) is 31.6 Å². The summed E-state index contributed by atoms with van der Waals surface area (Å²) in [6, 6.07) is 21.9. The van der Waals surface area contributed by atoms with Crippen molar-refractivity contribution < 1.29 is 9.53 Å². The molecular formula is C28H29N7O2. The van der Waals surface area contributed by atoms with Gasteiger partial charge in [-0.2, -0.15) is 4.98 Å². The van der Waals surface area contributed by atoms with Gasteiger partial charge in [0.05, 0.1) is 24.4 Å².